The van der Waals surface area contributed by atoms with E-state index in [2.05, 4.69) is 65.2 Å². The molecule has 1 heterocycles. The minimum atomic E-state index is 0. The van der Waals surface area contributed by atoms with E-state index < -0.39 is 0 Å². The molecular weight excluding hydrogens is 423 g/mol. The number of nitrogens with zero attached hydrogens (tertiary/aromatic N) is 2. The first-order valence-corrected chi connectivity index (χ1v) is 9.18. The van der Waals surface area contributed by atoms with Crippen molar-refractivity contribution in [2.75, 3.05) is 19.6 Å². The number of benzene rings is 1. The maximum atomic E-state index is 4.61. The van der Waals surface area contributed by atoms with Gasteiger partial charge >= 0.3 is 0 Å². The van der Waals surface area contributed by atoms with Crippen LogP contribution in [0.3, 0.4) is 0 Å². The summed E-state index contributed by atoms with van der Waals surface area (Å²) in [7, 11) is 0. The average molecular weight is 456 g/mol. The van der Waals surface area contributed by atoms with Crippen LogP contribution in [0.4, 0.5) is 0 Å². The molecule has 0 aromatic heterocycles. The van der Waals surface area contributed by atoms with Gasteiger partial charge in [-0.2, -0.15) is 0 Å². The summed E-state index contributed by atoms with van der Waals surface area (Å²) in [5.74, 6) is 0.837. The van der Waals surface area contributed by atoms with Crippen molar-refractivity contribution in [3.63, 3.8) is 0 Å². The molecule has 0 radical (unpaired) electrons. The van der Waals surface area contributed by atoms with Gasteiger partial charge < -0.3 is 10.6 Å². The number of rotatable bonds is 7. The normalized spacial score (nSPS) is 18.3. The Morgan fingerprint density at radius 3 is 2.60 bits per heavy atom. The van der Waals surface area contributed by atoms with Crippen molar-refractivity contribution >= 4 is 29.9 Å². The van der Waals surface area contributed by atoms with Crippen LogP contribution in [0.1, 0.15) is 44.2 Å². The van der Waals surface area contributed by atoms with Gasteiger partial charge in [-0.3, -0.25) is 4.90 Å². The molecule has 140 valence electrons. The van der Waals surface area contributed by atoms with Crippen LogP contribution in [0.2, 0.25) is 0 Å². The van der Waals surface area contributed by atoms with Crippen molar-refractivity contribution in [1.82, 2.24) is 15.5 Å². The van der Waals surface area contributed by atoms with E-state index in [0.29, 0.717) is 12.6 Å². The van der Waals surface area contributed by atoms with E-state index in [1.165, 1.54) is 36.9 Å². The molecule has 1 unspecified atom stereocenters. The second-order valence-corrected chi connectivity index (χ2v) is 6.50. The van der Waals surface area contributed by atoms with E-state index in [9.17, 15) is 0 Å². The van der Waals surface area contributed by atoms with Crippen molar-refractivity contribution in [3.8, 4) is 0 Å². The molecule has 25 heavy (non-hydrogen) atoms. The van der Waals surface area contributed by atoms with Gasteiger partial charge in [0.1, 0.15) is 0 Å². The smallest absolute Gasteiger partial charge is 0.191 e. The Balaban J connectivity index is 0.00000312. The van der Waals surface area contributed by atoms with Crippen molar-refractivity contribution in [2.45, 2.75) is 52.2 Å². The molecular formula is C20H33IN4. The topological polar surface area (TPSA) is 39.7 Å². The van der Waals surface area contributed by atoms with Crippen molar-refractivity contribution in [3.05, 3.63) is 48.0 Å². The summed E-state index contributed by atoms with van der Waals surface area (Å²) >= 11 is 0. The van der Waals surface area contributed by atoms with E-state index in [1.807, 2.05) is 6.08 Å². The lowest BCUT2D eigenvalue weighted by molar-refractivity contribution is 0.152. The van der Waals surface area contributed by atoms with E-state index in [-0.39, 0.29) is 24.0 Å². The minimum Gasteiger partial charge on any atom is -0.357 e. The van der Waals surface area contributed by atoms with Gasteiger partial charge in [-0.1, -0.05) is 36.8 Å². The van der Waals surface area contributed by atoms with Gasteiger partial charge in [-0.15, -0.1) is 30.6 Å². The van der Waals surface area contributed by atoms with Crippen molar-refractivity contribution < 1.29 is 0 Å². The van der Waals surface area contributed by atoms with Crippen LogP contribution in [0.5, 0.6) is 0 Å². The van der Waals surface area contributed by atoms with Crippen molar-refractivity contribution in [2.24, 2.45) is 4.99 Å². The first-order chi connectivity index (χ1) is 11.7. The fraction of sp³-hybridized carbons (Fsp3) is 0.550. The van der Waals surface area contributed by atoms with Crippen LogP contribution >= 0.6 is 24.0 Å². The maximum absolute atomic E-state index is 4.61. The fourth-order valence-electron chi connectivity index (χ4n) is 3.06. The number of guanidine groups is 1. The van der Waals surface area contributed by atoms with Crippen LogP contribution in [-0.2, 0) is 13.1 Å². The highest BCUT2D eigenvalue weighted by Gasteiger charge is 2.17. The number of likely N-dealkylation sites (tertiary alicyclic amines) is 1. The molecule has 1 atom stereocenters. The number of piperidine rings is 1. The molecule has 1 aromatic carbocycles. The Hall–Kier alpha value is -1.08. The average Bonchev–Trinajstić information content (AvgIpc) is 2.60. The van der Waals surface area contributed by atoms with Gasteiger partial charge in [-0.25, -0.2) is 4.99 Å². The fourth-order valence-corrected chi connectivity index (χ4v) is 3.06. The van der Waals surface area contributed by atoms with E-state index in [1.54, 1.807) is 0 Å². The first kappa shape index (κ1) is 22.0. The second kappa shape index (κ2) is 12.3. The molecule has 0 bridgehead atoms. The van der Waals surface area contributed by atoms with Crippen LogP contribution in [0.25, 0.3) is 0 Å². The lowest BCUT2D eigenvalue weighted by atomic mass is 10.0. The predicted octanol–water partition coefficient (Wildman–Crippen LogP) is 3.92. The molecule has 5 heteroatoms. The minimum absolute atomic E-state index is 0. The maximum Gasteiger partial charge on any atom is 0.191 e. The highest BCUT2D eigenvalue weighted by Crippen LogP contribution is 2.19. The highest BCUT2D eigenvalue weighted by atomic mass is 127. The molecule has 1 aliphatic rings. The summed E-state index contributed by atoms with van der Waals surface area (Å²) in [5, 5.41) is 6.47. The molecule has 0 spiro atoms. The lowest BCUT2D eigenvalue weighted by Crippen LogP contribution is -2.37. The van der Waals surface area contributed by atoms with Gasteiger partial charge in [-0.05, 0) is 44.4 Å². The van der Waals surface area contributed by atoms with E-state index >= 15 is 0 Å². The van der Waals surface area contributed by atoms with E-state index in [4.69, 9.17) is 0 Å². The zero-order valence-electron chi connectivity index (χ0n) is 15.6. The van der Waals surface area contributed by atoms with Gasteiger partial charge in [0.05, 0.1) is 6.54 Å². The van der Waals surface area contributed by atoms with Gasteiger partial charge in [0.15, 0.2) is 5.96 Å². The highest BCUT2D eigenvalue weighted by molar-refractivity contribution is 14.0. The molecule has 1 aromatic rings. The van der Waals surface area contributed by atoms with Crippen LogP contribution in [0.15, 0.2) is 41.9 Å². The predicted molar refractivity (Wildman–Crippen MR) is 119 cm³/mol. The Morgan fingerprint density at radius 2 is 1.96 bits per heavy atom. The summed E-state index contributed by atoms with van der Waals surface area (Å²) in [6, 6.07) is 9.60. The molecule has 0 saturated carbocycles. The van der Waals surface area contributed by atoms with Crippen LogP contribution < -0.4 is 10.6 Å². The number of nitrogens with one attached hydrogen (secondary N) is 2. The van der Waals surface area contributed by atoms with Crippen molar-refractivity contribution in [1.29, 1.82) is 0 Å². The zero-order valence-corrected chi connectivity index (χ0v) is 18.0. The summed E-state index contributed by atoms with van der Waals surface area (Å²) < 4.78 is 0. The van der Waals surface area contributed by atoms with Gasteiger partial charge in [0.25, 0.3) is 0 Å². The van der Waals surface area contributed by atoms with Crippen LogP contribution in [-0.4, -0.2) is 36.5 Å². The zero-order chi connectivity index (χ0) is 17.2. The molecule has 2 N–H and O–H groups in total. The third-order valence-electron chi connectivity index (χ3n) is 4.53. The molecule has 4 nitrogen and oxygen atoms in total. The van der Waals surface area contributed by atoms with Gasteiger partial charge in [0, 0.05) is 25.7 Å². The summed E-state index contributed by atoms with van der Waals surface area (Å²) in [5.41, 5.74) is 2.63. The van der Waals surface area contributed by atoms with Crippen LogP contribution in [0, 0.1) is 0 Å². The molecule has 0 aliphatic carbocycles. The quantitative estimate of drug-likeness (QED) is 0.283. The Bertz CT molecular complexity index is 527. The molecule has 1 fully saturated rings. The summed E-state index contributed by atoms with van der Waals surface area (Å²) in [6.45, 7) is 12.7. The van der Waals surface area contributed by atoms with Gasteiger partial charge in [0.2, 0.25) is 0 Å². The molecule has 2 rings (SSSR count). The number of aliphatic imine (C=N–C) groups is 1. The third kappa shape index (κ3) is 7.77. The molecule has 0 amide bonds. The molecule has 1 aliphatic heterocycles. The number of hydrogen-bond donors (Lipinski definition) is 2. The standard InChI is InChI=1S/C20H32N4.HI/c1-4-13-22-20(21-5-2)23-15-18-9-11-19(12-10-18)16-24-14-7-6-8-17(24)3;/h4,9-12,17H,1,5-8,13-16H2,2-3H3,(H2,21,22,23);1H. The SMILES string of the molecule is C=CCNC(=NCc1ccc(CN2CCCCC2C)cc1)NCC.I. The largest absolute Gasteiger partial charge is 0.357 e. The number of halogens is 1. The lowest BCUT2D eigenvalue weighted by Gasteiger charge is -2.33. The summed E-state index contributed by atoms with van der Waals surface area (Å²) in [6.07, 6.45) is 5.88. The third-order valence-corrected chi connectivity index (χ3v) is 4.53. The summed E-state index contributed by atoms with van der Waals surface area (Å²) in [4.78, 5) is 7.21. The Labute approximate surface area is 170 Å². The molecule has 1 saturated heterocycles. The second-order valence-electron chi connectivity index (χ2n) is 6.50. The van der Waals surface area contributed by atoms with E-state index in [0.717, 1.165) is 25.6 Å². The first-order valence-electron chi connectivity index (χ1n) is 9.18. The number of hydrogen-bond acceptors (Lipinski definition) is 2. The monoisotopic (exact) mass is 456 g/mol. The Kier molecular flexibility index (Phi) is 10.8. The Morgan fingerprint density at radius 1 is 1.24 bits per heavy atom.